The second-order valence-electron chi connectivity index (χ2n) is 10.6. The average Bonchev–Trinajstić information content (AvgIpc) is 3.31. The van der Waals surface area contributed by atoms with E-state index in [0.29, 0.717) is 30.2 Å². The van der Waals surface area contributed by atoms with Gasteiger partial charge in [-0.3, -0.25) is 4.90 Å². The molecule has 1 unspecified atom stereocenters. The Balaban J connectivity index is 1.11. The lowest BCUT2D eigenvalue weighted by atomic mass is 9.98. The first-order chi connectivity index (χ1) is 20.4. The van der Waals surface area contributed by atoms with Crippen molar-refractivity contribution in [2.75, 3.05) is 19.7 Å². The number of nitrogens with one attached hydrogen (secondary N) is 1. The smallest absolute Gasteiger partial charge is 0.335 e. The third-order valence-corrected chi connectivity index (χ3v) is 8.90. The molecule has 1 aromatic heterocycles. The molecule has 8 nitrogen and oxygen atoms in total. The van der Waals surface area contributed by atoms with Gasteiger partial charge in [0.05, 0.1) is 53.5 Å². The first-order valence-electron chi connectivity index (χ1n) is 13.8. The van der Waals surface area contributed by atoms with Crippen molar-refractivity contribution < 1.29 is 23.4 Å². The highest BCUT2D eigenvalue weighted by Gasteiger charge is 2.26. The molecule has 0 bridgehead atoms. The number of carboxylic acids is 1. The number of halogens is 2. The molecule has 2 atom stereocenters. The summed E-state index contributed by atoms with van der Waals surface area (Å²) in [6.45, 7) is 3.45. The third kappa shape index (κ3) is 5.97. The fourth-order valence-corrected chi connectivity index (χ4v) is 6.29. The Bertz CT molecular complexity index is 1670. The van der Waals surface area contributed by atoms with Crippen molar-refractivity contribution in [1.29, 1.82) is 5.26 Å². The lowest BCUT2D eigenvalue weighted by Crippen LogP contribution is -2.37. The second-order valence-corrected chi connectivity index (χ2v) is 11.5. The van der Waals surface area contributed by atoms with Crippen molar-refractivity contribution in [3.05, 3.63) is 99.4 Å². The minimum absolute atomic E-state index is 0.0978. The molecule has 2 N–H and O–H groups in total. The monoisotopic (exact) mass is 589 g/mol. The highest BCUT2D eigenvalue weighted by Crippen LogP contribution is 2.31. The first kappa shape index (κ1) is 28.2. The van der Waals surface area contributed by atoms with Crippen LogP contribution in [0.25, 0.3) is 11.0 Å². The quantitative estimate of drug-likeness (QED) is 0.326. The molecule has 0 aliphatic carbocycles. The molecule has 1 saturated heterocycles. The molecule has 3 aliphatic heterocycles. The van der Waals surface area contributed by atoms with Crippen LogP contribution in [0.2, 0.25) is 0 Å². The number of nitriles is 1. The van der Waals surface area contributed by atoms with E-state index >= 15 is 0 Å². The van der Waals surface area contributed by atoms with Crippen LogP contribution >= 0.6 is 11.8 Å². The van der Waals surface area contributed by atoms with Gasteiger partial charge >= 0.3 is 5.97 Å². The van der Waals surface area contributed by atoms with E-state index in [4.69, 9.17) is 15.0 Å². The zero-order valence-corrected chi connectivity index (χ0v) is 23.5. The van der Waals surface area contributed by atoms with Crippen molar-refractivity contribution in [3.8, 4) is 6.07 Å². The van der Waals surface area contributed by atoms with E-state index in [1.165, 1.54) is 23.9 Å². The van der Waals surface area contributed by atoms with E-state index in [9.17, 15) is 18.7 Å². The number of carboxylic acid groups (broad SMARTS) is 1. The Labute approximate surface area is 246 Å². The van der Waals surface area contributed by atoms with Crippen LogP contribution in [-0.4, -0.2) is 57.4 Å². The van der Waals surface area contributed by atoms with Crippen molar-refractivity contribution in [2.24, 2.45) is 0 Å². The Morgan fingerprint density at radius 3 is 2.81 bits per heavy atom. The summed E-state index contributed by atoms with van der Waals surface area (Å²) in [5.41, 5.74) is 3.60. The van der Waals surface area contributed by atoms with E-state index < -0.39 is 11.8 Å². The number of imidazole rings is 1. The largest absolute Gasteiger partial charge is 0.478 e. The minimum Gasteiger partial charge on any atom is -0.478 e. The van der Waals surface area contributed by atoms with Crippen molar-refractivity contribution >= 4 is 28.8 Å². The van der Waals surface area contributed by atoms with E-state index in [0.717, 1.165) is 48.4 Å². The highest BCUT2D eigenvalue weighted by atomic mass is 32.2. The summed E-state index contributed by atoms with van der Waals surface area (Å²) in [6, 6.07) is 11.1. The molecule has 2 aromatic carbocycles. The Hall–Kier alpha value is -3.98. The normalized spacial score (nSPS) is 20.6. The number of aromatic nitrogens is 2. The molecule has 0 spiro atoms. The van der Waals surface area contributed by atoms with Gasteiger partial charge in [0, 0.05) is 25.4 Å². The Morgan fingerprint density at radius 1 is 1.26 bits per heavy atom. The van der Waals surface area contributed by atoms with Crippen molar-refractivity contribution in [1.82, 2.24) is 19.8 Å². The molecule has 11 heteroatoms. The molecule has 3 aliphatic rings. The number of allylic oxidation sites excluding steroid dienone is 2. The van der Waals surface area contributed by atoms with Gasteiger partial charge < -0.3 is 19.7 Å². The van der Waals surface area contributed by atoms with Gasteiger partial charge in [-0.05, 0) is 60.4 Å². The van der Waals surface area contributed by atoms with Crippen LogP contribution in [0.15, 0.2) is 71.1 Å². The summed E-state index contributed by atoms with van der Waals surface area (Å²) in [4.78, 5) is 18.7. The second kappa shape index (κ2) is 12.1. The Morgan fingerprint density at radius 2 is 2.12 bits per heavy atom. The summed E-state index contributed by atoms with van der Waals surface area (Å²) in [5.74, 6) is -0.723. The van der Waals surface area contributed by atoms with Gasteiger partial charge in [0.15, 0.2) is 5.83 Å². The van der Waals surface area contributed by atoms with E-state index in [2.05, 4.69) is 20.9 Å². The number of fused-ring (bicyclic) bond motifs is 1. The lowest BCUT2D eigenvalue weighted by Gasteiger charge is -2.32. The van der Waals surface area contributed by atoms with Crippen molar-refractivity contribution in [3.63, 3.8) is 0 Å². The summed E-state index contributed by atoms with van der Waals surface area (Å²) in [7, 11) is 0. The number of dihydropyridines is 1. The molecule has 6 rings (SSSR count). The summed E-state index contributed by atoms with van der Waals surface area (Å²) < 4.78 is 36.7. The lowest BCUT2D eigenvalue weighted by molar-refractivity contribution is -0.0591. The number of hydrogen-bond acceptors (Lipinski definition) is 7. The number of thioether (sulfide) groups is 1. The van der Waals surface area contributed by atoms with Crippen LogP contribution < -0.4 is 5.32 Å². The number of ether oxygens (including phenoxy) is 1. The zero-order valence-electron chi connectivity index (χ0n) is 22.7. The standard InChI is InChI=1S/C31H29F2N5O3S/c32-24-4-6-26(36-30(24)42-18-22-2-1-19(15-34)13-25(22)33)20-7-10-37(11-8-20)17-29-35-27-5-3-21(31(39)40)14-28(27)38(29)16-23-9-12-41-23/h1-7,13-14,23,26,36H,8-12,16-18H2,(H,39,40)/t23-,26?/m0/s1. The highest BCUT2D eigenvalue weighted by molar-refractivity contribution is 8.02. The number of aromatic carboxylic acids is 1. The van der Waals surface area contributed by atoms with Gasteiger partial charge in [-0.1, -0.05) is 18.2 Å². The number of benzene rings is 2. The van der Waals surface area contributed by atoms with Crippen LogP contribution in [0, 0.1) is 17.1 Å². The summed E-state index contributed by atoms with van der Waals surface area (Å²) in [6.07, 6.45) is 7.26. The molecule has 0 amide bonds. The molecule has 216 valence electrons. The Kier molecular flexibility index (Phi) is 8.11. The SMILES string of the molecule is N#Cc1ccc(CSC2=C(F)C=CC(C3=CCN(Cc4nc5ccc(C(=O)O)cc5n4C[C@@H]4CCO4)CC3)N2)c(F)c1. The molecule has 1 fully saturated rings. The zero-order chi connectivity index (χ0) is 29.2. The first-order valence-corrected chi connectivity index (χ1v) is 14.8. The summed E-state index contributed by atoms with van der Waals surface area (Å²) >= 11 is 1.20. The number of carbonyl (C=O) groups is 1. The molecule has 42 heavy (non-hydrogen) atoms. The number of hydrogen-bond donors (Lipinski definition) is 2. The predicted molar refractivity (Wildman–Crippen MR) is 156 cm³/mol. The topological polar surface area (TPSA) is 103 Å². The predicted octanol–water partition coefficient (Wildman–Crippen LogP) is 5.27. The molecule has 0 saturated carbocycles. The maximum Gasteiger partial charge on any atom is 0.335 e. The molecule has 3 aromatic rings. The third-order valence-electron chi connectivity index (χ3n) is 7.84. The number of nitrogens with zero attached hydrogens (tertiary/aromatic N) is 4. The van der Waals surface area contributed by atoms with Gasteiger partial charge in [-0.15, -0.1) is 11.8 Å². The van der Waals surface area contributed by atoms with Crippen LogP contribution in [0.3, 0.4) is 0 Å². The van der Waals surface area contributed by atoms with Crippen LogP contribution in [0.1, 0.15) is 40.2 Å². The van der Waals surface area contributed by atoms with E-state index in [1.54, 1.807) is 36.4 Å². The van der Waals surface area contributed by atoms with Crippen LogP contribution in [0.5, 0.6) is 0 Å². The maximum absolute atomic E-state index is 14.6. The van der Waals surface area contributed by atoms with Gasteiger partial charge in [-0.2, -0.15) is 5.26 Å². The van der Waals surface area contributed by atoms with E-state index in [1.807, 2.05) is 6.07 Å². The van der Waals surface area contributed by atoms with Gasteiger partial charge in [-0.25, -0.2) is 18.6 Å². The van der Waals surface area contributed by atoms with E-state index in [-0.39, 0.29) is 34.9 Å². The maximum atomic E-state index is 14.6. The number of rotatable bonds is 9. The molecule has 0 radical (unpaired) electrons. The molecular weight excluding hydrogens is 560 g/mol. The van der Waals surface area contributed by atoms with Gasteiger partial charge in [0.25, 0.3) is 0 Å². The van der Waals surface area contributed by atoms with Gasteiger partial charge in [0.2, 0.25) is 0 Å². The minimum atomic E-state index is -0.970. The molecule has 4 heterocycles. The summed E-state index contributed by atoms with van der Waals surface area (Å²) in [5, 5.41) is 22.1. The van der Waals surface area contributed by atoms with Crippen LogP contribution in [0.4, 0.5) is 8.78 Å². The fourth-order valence-electron chi connectivity index (χ4n) is 5.34. The molecular formula is C31H29F2N5O3S. The fraction of sp³-hybridized carbons (Fsp3) is 0.323. The van der Waals surface area contributed by atoms with Crippen LogP contribution in [-0.2, 0) is 23.6 Å². The average molecular weight is 590 g/mol. The van der Waals surface area contributed by atoms with Crippen molar-refractivity contribution in [2.45, 2.75) is 43.8 Å². The van der Waals surface area contributed by atoms with Gasteiger partial charge in [0.1, 0.15) is 16.7 Å².